The molecule has 1 unspecified atom stereocenters. The van der Waals surface area contributed by atoms with Gasteiger partial charge in [0.05, 0.1) is 27.2 Å². The first-order valence-corrected chi connectivity index (χ1v) is 6.96. The van der Waals surface area contributed by atoms with Gasteiger partial charge in [-0.2, -0.15) is 0 Å². The zero-order valence-electron chi connectivity index (χ0n) is 11.9. The van der Waals surface area contributed by atoms with Crippen molar-refractivity contribution in [1.29, 1.82) is 0 Å². The molecule has 0 radical (unpaired) electrons. The van der Waals surface area contributed by atoms with E-state index in [9.17, 15) is 0 Å². The van der Waals surface area contributed by atoms with Crippen LogP contribution in [0.25, 0.3) is 0 Å². The molecule has 3 nitrogen and oxygen atoms in total. The first kappa shape index (κ1) is 13.2. The minimum atomic E-state index is 0.752. The van der Waals surface area contributed by atoms with Crippen molar-refractivity contribution in [1.82, 2.24) is 0 Å². The number of benzene rings is 1. The van der Waals surface area contributed by atoms with Crippen molar-refractivity contribution in [3.63, 3.8) is 0 Å². The molecule has 2 rings (SSSR count). The third-order valence-corrected chi connectivity index (χ3v) is 4.21. The SMILES string of the molecule is CCC[N+](C)(C)C1CCN(c2ccc(N)cc2)C1. The zero-order chi connectivity index (χ0) is 13.2. The highest BCUT2D eigenvalue weighted by Gasteiger charge is 2.34. The second-order valence-corrected chi connectivity index (χ2v) is 5.98. The van der Waals surface area contributed by atoms with Crippen LogP contribution in [0.5, 0.6) is 0 Å². The summed E-state index contributed by atoms with van der Waals surface area (Å²) in [7, 11) is 4.72. The lowest BCUT2D eigenvalue weighted by molar-refractivity contribution is -0.912. The average Bonchev–Trinajstić information content (AvgIpc) is 2.80. The second kappa shape index (κ2) is 5.19. The van der Waals surface area contributed by atoms with Crippen LogP contribution in [0.3, 0.4) is 0 Å². The van der Waals surface area contributed by atoms with Crippen molar-refractivity contribution in [2.75, 3.05) is 44.4 Å². The van der Waals surface area contributed by atoms with Crippen LogP contribution < -0.4 is 10.6 Å². The predicted octanol–water partition coefficient (Wildman–Crippen LogP) is 2.33. The molecule has 1 aliphatic heterocycles. The van der Waals surface area contributed by atoms with Gasteiger partial charge in [0.25, 0.3) is 0 Å². The topological polar surface area (TPSA) is 29.3 Å². The van der Waals surface area contributed by atoms with Crippen LogP contribution in [-0.4, -0.2) is 44.3 Å². The molecule has 18 heavy (non-hydrogen) atoms. The van der Waals surface area contributed by atoms with Crippen molar-refractivity contribution >= 4 is 11.4 Å². The number of hydrogen-bond donors (Lipinski definition) is 1. The molecule has 1 saturated heterocycles. The van der Waals surface area contributed by atoms with E-state index in [1.54, 1.807) is 0 Å². The maximum absolute atomic E-state index is 5.74. The summed E-state index contributed by atoms with van der Waals surface area (Å²) in [5.74, 6) is 0. The van der Waals surface area contributed by atoms with Gasteiger partial charge in [0.15, 0.2) is 0 Å². The number of rotatable bonds is 4. The fourth-order valence-corrected chi connectivity index (χ4v) is 2.99. The fraction of sp³-hybridized carbons (Fsp3) is 0.600. The molecular weight excluding hydrogens is 222 g/mol. The van der Waals surface area contributed by atoms with E-state index < -0.39 is 0 Å². The lowest BCUT2D eigenvalue weighted by Crippen LogP contribution is -2.50. The second-order valence-electron chi connectivity index (χ2n) is 5.98. The van der Waals surface area contributed by atoms with Gasteiger partial charge >= 0.3 is 0 Å². The lowest BCUT2D eigenvalue weighted by atomic mass is 10.2. The van der Waals surface area contributed by atoms with E-state index in [0.29, 0.717) is 0 Å². The molecule has 0 aromatic heterocycles. The summed E-state index contributed by atoms with van der Waals surface area (Å²) < 4.78 is 1.14. The smallest absolute Gasteiger partial charge is 0.108 e. The van der Waals surface area contributed by atoms with Crippen LogP contribution in [0.1, 0.15) is 19.8 Å². The van der Waals surface area contributed by atoms with Crippen LogP contribution >= 0.6 is 0 Å². The Bertz CT molecular complexity index is 383. The zero-order valence-corrected chi connectivity index (χ0v) is 11.9. The average molecular weight is 248 g/mol. The standard InChI is InChI=1S/C15H26N3/c1-4-11-18(2,3)15-9-10-17(12-15)14-7-5-13(16)6-8-14/h5-8,15H,4,9-12,16H2,1-3H3/q+1. The highest BCUT2D eigenvalue weighted by molar-refractivity contribution is 5.53. The van der Waals surface area contributed by atoms with Gasteiger partial charge in [-0.1, -0.05) is 6.92 Å². The Hall–Kier alpha value is -1.22. The van der Waals surface area contributed by atoms with Crippen LogP contribution in [0.2, 0.25) is 0 Å². The van der Waals surface area contributed by atoms with Gasteiger partial charge in [0.1, 0.15) is 6.04 Å². The van der Waals surface area contributed by atoms with Gasteiger partial charge in [-0.25, -0.2) is 0 Å². The van der Waals surface area contributed by atoms with Crippen LogP contribution in [0.4, 0.5) is 11.4 Å². The summed E-state index contributed by atoms with van der Waals surface area (Å²) in [5.41, 5.74) is 7.89. The Labute approximate surface area is 111 Å². The number of likely N-dealkylation sites (N-methyl/N-ethyl adjacent to an activating group) is 1. The summed E-state index contributed by atoms with van der Waals surface area (Å²) in [6, 6.07) is 9.01. The molecular formula is C15H26N3+. The van der Waals surface area contributed by atoms with E-state index in [1.807, 2.05) is 12.1 Å². The maximum atomic E-state index is 5.74. The quantitative estimate of drug-likeness (QED) is 0.654. The molecule has 0 bridgehead atoms. The van der Waals surface area contributed by atoms with Gasteiger partial charge in [-0.15, -0.1) is 0 Å². The Morgan fingerprint density at radius 1 is 1.28 bits per heavy atom. The monoisotopic (exact) mass is 248 g/mol. The molecule has 1 fully saturated rings. The van der Waals surface area contributed by atoms with Crippen molar-refractivity contribution in [3.8, 4) is 0 Å². The molecule has 1 aromatic carbocycles. The molecule has 100 valence electrons. The number of quaternary nitrogens is 1. The number of nitrogens with two attached hydrogens (primary N) is 1. The highest BCUT2D eigenvalue weighted by Crippen LogP contribution is 2.26. The van der Waals surface area contributed by atoms with E-state index in [4.69, 9.17) is 5.73 Å². The summed E-state index contributed by atoms with van der Waals surface area (Å²) in [6.07, 6.45) is 2.54. The number of anilines is 2. The molecule has 1 atom stereocenters. The minimum Gasteiger partial charge on any atom is -0.399 e. The molecule has 1 aromatic rings. The third kappa shape index (κ3) is 2.78. The number of nitrogen functional groups attached to an aromatic ring is 1. The minimum absolute atomic E-state index is 0.752. The van der Waals surface area contributed by atoms with Crippen LogP contribution in [0, 0.1) is 0 Å². The van der Waals surface area contributed by atoms with Gasteiger partial charge in [0.2, 0.25) is 0 Å². The lowest BCUT2D eigenvalue weighted by Gasteiger charge is -2.36. The van der Waals surface area contributed by atoms with Gasteiger partial charge in [0, 0.05) is 24.3 Å². The summed E-state index contributed by atoms with van der Waals surface area (Å²) in [4.78, 5) is 2.49. The number of nitrogens with zero attached hydrogens (tertiary/aromatic N) is 2. The van der Waals surface area contributed by atoms with E-state index in [0.717, 1.165) is 22.8 Å². The van der Waals surface area contributed by atoms with Gasteiger partial charge in [-0.3, -0.25) is 0 Å². The molecule has 0 saturated carbocycles. The molecule has 0 amide bonds. The molecule has 1 heterocycles. The Kier molecular flexibility index (Phi) is 3.81. The molecule has 0 aliphatic carbocycles. The maximum Gasteiger partial charge on any atom is 0.108 e. The predicted molar refractivity (Wildman–Crippen MR) is 78.7 cm³/mol. The van der Waals surface area contributed by atoms with Crippen LogP contribution in [0.15, 0.2) is 24.3 Å². The van der Waals surface area contributed by atoms with Crippen molar-refractivity contribution in [3.05, 3.63) is 24.3 Å². The number of hydrogen-bond acceptors (Lipinski definition) is 2. The summed E-state index contributed by atoms with van der Waals surface area (Å²) in [6.45, 7) is 5.86. The molecule has 1 aliphatic rings. The van der Waals surface area contributed by atoms with Crippen molar-refractivity contribution in [2.24, 2.45) is 0 Å². The van der Waals surface area contributed by atoms with E-state index in [-0.39, 0.29) is 0 Å². The van der Waals surface area contributed by atoms with Gasteiger partial charge < -0.3 is 15.1 Å². The Morgan fingerprint density at radius 3 is 2.56 bits per heavy atom. The first-order chi connectivity index (χ1) is 8.53. The van der Waals surface area contributed by atoms with Gasteiger partial charge in [-0.05, 0) is 30.7 Å². The Balaban J connectivity index is 2.02. The van der Waals surface area contributed by atoms with E-state index >= 15 is 0 Å². The molecule has 0 spiro atoms. The molecule has 3 heteroatoms. The van der Waals surface area contributed by atoms with Crippen molar-refractivity contribution < 1.29 is 4.48 Å². The highest BCUT2D eigenvalue weighted by atomic mass is 15.4. The normalized spacial score (nSPS) is 20.4. The summed E-state index contributed by atoms with van der Waals surface area (Å²) in [5, 5.41) is 0. The fourth-order valence-electron chi connectivity index (χ4n) is 2.99. The van der Waals surface area contributed by atoms with E-state index in [1.165, 1.54) is 31.6 Å². The first-order valence-electron chi connectivity index (χ1n) is 6.96. The largest absolute Gasteiger partial charge is 0.399 e. The van der Waals surface area contributed by atoms with Crippen LogP contribution in [-0.2, 0) is 0 Å². The Morgan fingerprint density at radius 2 is 1.94 bits per heavy atom. The van der Waals surface area contributed by atoms with Crippen molar-refractivity contribution in [2.45, 2.75) is 25.8 Å². The third-order valence-electron chi connectivity index (χ3n) is 4.21. The molecule has 2 N–H and O–H groups in total. The van der Waals surface area contributed by atoms with E-state index in [2.05, 4.69) is 38.1 Å². The summed E-state index contributed by atoms with van der Waals surface area (Å²) >= 11 is 0.